The summed E-state index contributed by atoms with van der Waals surface area (Å²) in [6.07, 6.45) is 1.74. The smallest absolute Gasteiger partial charge is 0.104 e. The van der Waals surface area contributed by atoms with Gasteiger partial charge in [0.25, 0.3) is 0 Å². The molecule has 0 saturated heterocycles. The summed E-state index contributed by atoms with van der Waals surface area (Å²) in [7, 11) is 1.65. The molecule has 0 aliphatic carbocycles. The number of methoxy groups -OCH3 is 1. The molecule has 0 spiro atoms. The van der Waals surface area contributed by atoms with Gasteiger partial charge in [0.15, 0.2) is 0 Å². The van der Waals surface area contributed by atoms with E-state index in [4.69, 9.17) is 14.2 Å². The second-order valence-electron chi connectivity index (χ2n) is 2.36. The maximum absolute atomic E-state index is 5.37. The molecule has 3 nitrogen and oxygen atoms in total. The van der Waals surface area contributed by atoms with Crippen LogP contribution in [0.25, 0.3) is 0 Å². The first-order chi connectivity index (χ1) is 5.85. The standard InChI is InChI=1S/C9H18O3.4CH4/c1-4-6-12-9(7-10-3)8-11-5-2;;;;/h4,9H,1,5-8H2,2-3H3;4*1H4. The van der Waals surface area contributed by atoms with Crippen molar-refractivity contribution in [2.75, 3.05) is 33.5 Å². The summed E-state index contributed by atoms with van der Waals surface area (Å²) in [4.78, 5) is 0. The molecule has 0 amide bonds. The lowest BCUT2D eigenvalue weighted by Gasteiger charge is -2.15. The Balaban J connectivity index is -0.000000101. The largest absolute Gasteiger partial charge is 0.382 e. The van der Waals surface area contributed by atoms with Crippen molar-refractivity contribution in [3.05, 3.63) is 12.7 Å². The van der Waals surface area contributed by atoms with Crippen LogP contribution < -0.4 is 0 Å². The summed E-state index contributed by atoms with van der Waals surface area (Å²) >= 11 is 0. The van der Waals surface area contributed by atoms with Gasteiger partial charge in [-0.1, -0.05) is 35.8 Å². The van der Waals surface area contributed by atoms with Gasteiger partial charge in [0.1, 0.15) is 6.10 Å². The second-order valence-corrected chi connectivity index (χ2v) is 2.36. The quantitative estimate of drug-likeness (QED) is 0.602. The van der Waals surface area contributed by atoms with Crippen molar-refractivity contribution >= 4 is 0 Å². The minimum Gasteiger partial charge on any atom is -0.382 e. The molecule has 0 fully saturated rings. The SMILES string of the molecule is C.C.C.C.C=CCOC(COC)COCC. The van der Waals surface area contributed by atoms with Crippen LogP contribution >= 0.6 is 0 Å². The highest BCUT2D eigenvalue weighted by Gasteiger charge is 2.06. The van der Waals surface area contributed by atoms with Gasteiger partial charge in [-0.2, -0.15) is 0 Å². The molecular weight excluding hydrogens is 204 g/mol. The molecule has 0 radical (unpaired) electrons. The lowest BCUT2D eigenvalue weighted by Crippen LogP contribution is -2.25. The molecule has 0 heterocycles. The summed E-state index contributed by atoms with van der Waals surface area (Å²) < 4.78 is 15.5. The van der Waals surface area contributed by atoms with Crippen LogP contribution in [-0.4, -0.2) is 39.6 Å². The first-order valence-electron chi connectivity index (χ1n) is 4.14. The zero-order chi connectivity index (χ0) is 9.23. The minimum atomic E-state index is 0. The molecule has 0 aromatic carbocycles. The molecule has 16 heavy (non-hydrogen) atoms. The monoisotopic (exact) mass is 238 g/mol. The van der Waals surface area contributed by atoms with Gasteiger partial charge in [-0.05, 0) is 6.92 Å². The van der Waals surface area contributed by atoms with E-state index in [-0.39, 0.29) is 35.8 Å². The van der Waals surface area contributed by atoms with Gasteiger partial charge < -0.3 is 14.2 Å². The summed E-state index contributed by atoms with van der Waals surface area (Å²) in [6.45, 7) is 7.92. The molecule has 0 rings (SSSR count). The van der Waals surface area contributed by atoms with E-state index in [1.807, 2.05) is 6.92 Å². The highest BCUT2D eigenvalue weighted by Crippen LogP contribution is 1.94. The summed E-state index contributed by atoms with van der Waals surface area (Å²) in [5.41, 5.74) is 0. The van der Waals surface area contributed by atoms with Crippen molar-refractivity contribution in [1.82, 2.24) is 0 Å². The zero-order valence-electron chi connectivity index (χ0n) is 7.91. The van der Waals surface area contributed by atoms with Gasteiger partial charge in [0, 0.05) is 13.7 Å². The summed E-state index contributed by atoms with van der Waals surface area (Å²) in [5, 5.41) is 0. The van der Waals surface area contributed by atoms with E-state index in [1.165, 1.54) is 0 Å². The zero-order valence-corrected chi connectivity index (χ0v) is 7.91. The second kappa shape index (κ2) is 24.0. The van der Waals surface area contributed by atoms with Crippen molar-refractivity contribution in [1.29, 1.82) is 0 Å². The molecule has 0 aromatic rings. The average Bonchev–Trinajstić information content (AvgIpc) is 2.10. The van der Waals surface area contributed by atoms with E-state index in [9.17, 15) is 0 Å². The maximum Gasteiger partial charge on any atom is 0.104 e. The fraction of sp³-hybridized carbons (Fsp3) is 0.846. The van der Waals surface area contributed by atoms with Gasteiger partial charge >= 0.3 is 0 Å². The number of rotatable bonds is 8. The van der Waals surface area contributed by atoms with Crippen molar-refractivity contribution in [2.45, 2.75) is 42.7 Å². The average molecular weight is 238 g/mol. The summed E-state index contributed by atoms with van der Waals surface area (Å²) in [6, 6.07) is 0. The first kappa shape index (κ1) is 29.6. The van der Waals surface area contributed by atoms with Gasteiger partial charge in [-0.15, -0.1) is 6.58 Å². The molecule has 1 unspecified atom stereocenters. The summed E-state index contributed by atoms with van der Waals surface area (Å²) in [5.74, 6) is 0. The Kier molecular flexibility index (Phi) is 44.5. The van der Waals surface area contributed by atoms with Crippen molar-refractivity contribution < 1.29 is 14.2 Å². The van der Waals surface area contributed by atoms with Crippen LogP contribution in [0.15, 0.2) is 12.7 Å². The third-order valence-electron chi connectivity index (χ3n) is 1.31. The lowest BCUT2D eigenvalue weighted by molar-refractivity contribution is -0.0398. The predicted molar refractivity (Wildman–Crippen MR) is 75.2 cm³/mol. The normalized spacial score (nSPS) is 9.62. The molecule has 3 heteroatoms. The van der Waals surface area contributed by atoms with E-state index in [1.54, 1.807) is 13.2 Å². The Hall–Kier alpha value is -0.380. The molecule has 1 atom stereocenters. The molecule has 0 aliphatic rings. The molecular formula is C13H34O3. The van der Waals surface area contributed by atoms with Gasteiger partial charge in [-0.3, -0.25) is 0 Å². The number of ether oxygens (including phenoxy) is 3. The van der Waals surface area contributed by atoms with Crippen LogP contribution in [0.3, 0.4) is 0 Å². The molecule has 0 saturated carbocycles. The number of hydrogen-bond acceptors (Lipinski definition) is 3. The molecule has 104 valence electrons. The Morgan fingerprint density at radius 2 is 1.69 bits per heavy atom. The van der Waals surface area contributed by atoms with Crippen LogP contribution in [0.1, 0.15) is 36.6 Å². The van der Waals surface area contributed by atoms with E-state index in [0.717, 1.165) is 0 Å². The van der Waals surface area contributed by atoms with Crippen molar-refractivity contribution in [2.24, 2.45) is 0 Å². The number of hydrogen-bond donors (Lipinski definition) is 0. The van der Waals surface area contributed by atoms with E-state index in [2.05, 4.69) is 6.58 Å². The topological polar surface area (TPSA) is 27.7 Å². The maximum atomic E-state index is 5.37. The molecule has 0 aromatic heterocycles. The van der Waals surface area contributed by atoms with Gasteiger partial charge in [-0.25, -0.2) is 0 Å². The van der Waals surface area contributed by atoms with Crippen molar-refractivity contribution in [3.63, 3.8) is 0 Å². The van der Waals surface area contributed by atoms with E-state index >= 15 is 0 Å². The Labute approximate surface area is 104 Å². The highest BCUT2D eigenvalue weighted by atomic mass is 16.6. The van der Waals surface area contributed by atoms with Crippen molar-refractivity contribution in [3.8, 4) is 0 Å². The molecule has 0 bridgehead atoms. The van der Waals surface area contributed by atoms with Crippen LogP contribution in [0.5, 0.6) is 0 Å². The Morgan fingerprint density at radius 1 is 1.12 bits per heavy atom. The van der Waals surface area contributed by atoms with E-state index < -0.39 is 0 Å². The van der Waals surface area contributed by atoms with Gasteiger partial charge in [0.05, 0.1) is 19.8 Å². The predicted octanol–water partition coefficient (Wildman–Crippen LogP) is 3.78. The lowest BCUT2D eigenvalue weighted by atomic mass is 10.4. The Bertz CT molecular complexity index is 105. The third kappa shape index (κ3) is 19.2. The minimum absolute atomic E-state index is 0. The molecule has 0 aliphatic heterocycles. The Morgan fingerprint density at radius 3 is 2.06 bits per heavy atom. The van der Waals surface area contributed by atoms with Crippen LogP contribution in [0, 0.1) is 0 Å². The fourth-order valence-electron chi connectivity index (χ4n) is 0.784. The highest BCUT2D eigenvalue weighted by molar-refractivity contribution is 4.66. The molecule has 0 N–H and O–H groups in total. The van der Waals surface area contributed by atoms with E-state index in [0.29, 0.717) is 26.4 Å². The third-order valence-corrected chi connectivity index (χ3v) is 1.31. The van der Waals surface area contributed by atoms with Crippen LogP contribution in [-0.2, 0) is 14.2 Å². The first-order valence-corrected chi connectivity index (χ1v) is 4.14. The van der Waals surface area contributed by atoms with Gasteiger partial charge in [0.2, 0.25) is 0 Å². The van der Waals surface area contributed by atoms with Crippen LogP contribution in [0.2, 0.25) is 0 Å². The van der Waals surface area contributed by atoms with Crippen LogP contribution in [0.4, 0.5) is 0 Å². The fourth-order valence-corrected chi connectivity index (χ4v) is 0.784.